The Morgan fingerprint density at radius 1 is 1.14 bits per heavy atom. The van der Waals surface area contributed by atoms with Crippen LogP contribution >= 0.6 is 0 Å². The zero-order valence-corrected chi connectivity index (χ0v) is 17.2. The van der Waals surface area contributed by atoms with E-state index < -0.39 is 7.12 Å². The molecule has 0 aliphatic heterocycles. The third-order valence-electron chi connectivity index (χ3n) is 4.28. The number of nitrogens with one attached hydrogen (secondary N) is 1. The minimum absolute atomic E-state index is 0.0861. The molecule has 2 rings (SSSR count). The highest BCUT2D eigenvalue weighted by Gasteiger charge is 2.18. The summed E-state index contributed by atoms with van der Waals surface area (Å²) in [5, 5.41) is 26.8. The van der Waals surface area contributed by atoms with Crippen LogP contribution in [-0.2, 0) is 11.3 Å². The van der Waals surface area contributed by atoms with E-state index in [1.165, 1.54) is 0 Å². The van der Waals surface area contributed by atoms with Gasteiger partial charge in [0.2, 0.25) is 0 Å². The van der Waals surface area contributed by atoms with Crippen LogP contribution in [-0.4, -0.2) is 59.4 Å². The van der Waals surface area contributed by atoms with Crippen molar-refractivity contribution in [3.8, 4) is 0 Å². The number of rotatable bonds is 10. The van der Waals surface area contributed by atoms with Crippen LogP contribution in [0.25, 0.3) is 0 Å². The van der Waals surface area contributed by atoms with Gasteiger partial charge < -0.3 is 10.0 Å². The van der Waals surface area contributed by atoms with Crippen molar-refractivity contribution < 1.29 is 14.8 Å². The molecule has 0 saturated heterocycles. The number of hydrogen-bond acceptors (Lipinski definition) is 6. The molecule has 1 amide bonds. The van der Waals surface area contributed by atoms with Gasteiger partial charge in [0.1, 0.15) is 6.54 Å². The number of hydrazone groups is 1. The van der Waals surface area contributed by atoms with Crippen molar-refractivity contribution in [2.45, 2.75) is 20.4 Å². The van der Waals surface area contributed by atoms with Gasteiger partial charge >= 0.3 is 7.12 Å². The molecule has 0 aliphatic carbocycles. The van der Waals surface area contributed by atoms with Crippen LogP contribution in [0.4, 0.5) is 0 Å². The fourth-order valence-electron chi connectivity index (χ4n) is 2.86. The summed E-state index contributed by atoms with van der Waals surface area (Å²) in [5.74, 6) is 0.236. The normalized spacial score (nSPS) is 11.1. The van der Waals surface area contributed by atoms with E-state index in [0.717, 1.165) is 5.56 Å². The predicted molar refractivity (Wildman–Crippen MR) is 116 cm³/mol. The molecule has 0 atom stereocenters. The highest BCUT2D eigenvalue weighted by atomic mass is 16.4. The average molecular weight is 396 g/mol. The topological polar surface area (TPSA) is 88.4 Å². The van der Waals surface area contributed by atoms with Crippen LogP contribution in [0.1, 0.15) is 25.0 Å². The summed E-state index contributed by atoms with van der Waals surface area (Å²) in [4.78, 5) is 12.8. The summed E-state index contributed by atoms with van der Waals surface area (Å²) < 4.78 is 0. The molecule has 0 aromatic heterocycles. The molecule has 2 aromatic rings. The summed E-state index contributed by atoms with van der Waals surface area (Å²) in [6, 6.07) is 16.7. The van der Waals surface area contributed by atoms with Gasteiger partial charge in [0.15, 0.2) is 0 Å². The lowest BCUT2D eigenvalue weighted by Gasteiger charge is -2.26. The number of carbonyl (C=O) groups excluding carboxylic acids is 1. The van der Waals surface area contributed by atoms with Crippen molar-refractivity contribution in [1.29, 1.82) is 0 Å². The Morgan fingerprint density at radius 2 is 1.79 bits per heavy atom. The fraction of sp³-hybridized carbons (Fsp3) is 0.333. The molecule has 7 nitrogen and oxygen atoms in total. The van der Waals surface area contributed by atoms with Gasteiger partial charge in [-0.3, -0.25) is 14.8 Å². The van der Waals surface area contributed by atoms with Gasteiger partial charge in [0, 0.05) is 13.6 Å². The molecule has 0 bridgehead atoms. The first-order chi connectivity index (χ1) is 13.9. The standard InChI is InChI=1S/C21H29BN4O3/c1-17(2)14-26(23-3)21(27)16-25(15-18-9-5-4-6-10-18)24-13-19-11-7-8-12-20(19)22(28)29/h4-13,17,23,28-29H,14-16H2,1-3H3/b24-13-. The maximum Gasteiger partial charge on any atom is 0.489 e. The van der Waals surface area contributed by atoms with E-state index in [1.54, 1.807) is 47.5 Å². The molecule has 3 N–H and O–H groups in total. The number of nitrogens with zero attached hydrogens (tertiary/aromatic N) is 3. The molecule has 0 heterocycles. The molecule has 8 heteroatoms. The summed E-state index contributed by atoms with van der Waals surface area (Å²) in [6.07, 6.45) is 1.55. The quantitative estimate of drug-likeness (QED) is 0.315. The minimum atomic E-state index is -1.59. The van der Waals surface area contributed by atoms with Gasteiger partial charge in [-0.25, -0.2) is 5.43 Å². The van der Waals surface area contributed by atoms with Gasteiger partial charge in [-0.15, -0.1) is 0 Å². The van der Waals surface area contributed by atoms with Crippen molar-refractivity contribution in [3.05, 3.63) is 65.7 Å². The lowest BCUT2D eigenvalue weighted by atomic mass is 9.77. The van der Waals surface area contributed by atoms with Crippen LogP contribution in [0.15, 0.2) is 59.7 Å². The van der Waals surface area contributed by atoms with Gasteiger partial charge in [-0.05, 0) is 22.5 Å². The van der Waals surface area contributed by atoms with Crippen molar-refractivity contribution >= 4 is 24.7 Å². The highest BCUT2D eigenvalue weighted by Crippen LogP contribution is 2.07. The van der Waals surface area contributed by atoms with Crippen LogP contribution in [0.5, 0.6) is 0 Å². The molecule has 0 fully saturated rings. The van der Waals surface area contributed by atoms with E-state index in [4.69, 9.17) is 0 Å². The molecule has 2 aromatic carbocycles. The van der Waals surface area contributed by atoms with E-state index in [2.05, 4.69) is 24.4 Å². The molecular formula is C21H29BN4O3. The van der Waals surface area contributed by atoms with Gasteiger partial charge in [0.05, 0.1) is 12.8 Å². The Bertz CT molecular complexity index is 800. The molecular weight excluding hydrogens is 367 g/mol. The monoisotopic (exact) mass is 396 g/mol. The van der Waals surface area contributed by atoms with E-state index in [9.17, 15) is 14.8 Å². The SMILES string of the molecule is CNN(CC(C)C)C(=O)CN(Cc1ccccc1)/N=C\c1ccccc1B(O)O. The zero-order valence-electron chi connectivity index (χ0n) is 17.2. The van der Waals surface area contributed by atoms with Crippen molar-refractivity contribution in [3.63, 3.8) is 0 Å². The number of benzene rings is 2. The molecule has 0 saturated carbocycles. The number of carbonyl (C=O) groups is 1. The number of amides is 1. The first-order valence-corrected chi connectivity index (χ1v) is 9.66. The van der Waals surface area contributed by atoms with Crippen LogP contribution in [0.2, 0.25) is 0 Å². The molecule has 154 valence electrons. The Morgan fingerprint density at radius 3 is 2.41 bits per heavy atom. The van der Waals surface area contributed by atoms with E-state index >= 15 is 0 Å². The van der Waals surface area contributed by atoms with Gasteiger partial charge in [-0.1, -0.05) is 68.4 Å². The maximum absolute atomic E-state index is 12.8. The summed E-state index contributed by atoms with van der Waals surface area (Å²) >= 11 is 0. The second kappa shape index (κ2) is 11.4. The second-order valence-corrected chi connectivity index (χ2v) is 7.18. The minimum Gasteiger partial charge on any atom is -0.423 e. The molecule has 0 aliphatic rings. The number of hydrogen-bond donors (Lipinski definition) is 3. The van der Waals surface area contributed by atoms with E-state index in [1.807, 2.05) is 30.3 Å². The smallest absolute Gasteiger partial charge is 0.423 e. The fourth-order valence-corrected chi connectivity index (χ4v) is 2.86. The van der Waals surface area contributed by atoms with Crippen molar-refractivity contribution in [2.24, 2.45) is 11.0 Å². The Hall–Kier alpha value is -2.68. The van der Waals surface area contributed by atoms with Crippen molar-refractivity contribution in [1.82, 2.24) is 15.4 Å². The second-order valence-electron chi connectivity index (χ2n) is 7.18. The average Bonchev–Trinajstić information content (AvgIpc) is 2.70. The van der Waals surface area contributed by atoms with Crippen LogP contribution in [0.3, 0.4) is 0 Å². The zero-order chi connectivity index (χ0) is 21.2. The van der Waals surface area contributed by atoms with Gasteiger partial charge in [0.25, 0.3) is 5.91 Å². The molecule has 0 radical (unpaired) electrons. The Labute approximate surface area is 172 Å². The summed E-state index contributed by atoms with van der Waals surface area (Å²) in [7, 11) is 0.136. The molecule has 29 heavy (non-hydrogen) atoms. The molecule has 0 unspecified atom stereocenters. The summed E-state index contributed by atoms with van der Waals surface area (Å²) in [6.45, 7) is 5.23. The lowest BCUT2D eigenvalue weighted by molar-refractivity contribution is -0.136. The molecule has 0 spiro atoms. The van der Waals surface area contributed by atoms with Crippen LogP contribution < -0.4 is 10.9 Å². The number of hydrazine groups is 1. The predicted octanol–water partition coefficient (Wildman–Crippen LogP) is 0.821. The maximum atomic E-state index is 12.8. The highest BCUT2D eigenvalue weighted by molar-refractivity contribution is 6.60. The summed E-state index contributed by atoms with van der Waals surface area (Å²) in [5.41, 5.74) is 4.90. The van der Waals surface area contributed by atoms with Crippen LogP contribution in [0, 0.1) is 5.92 Å². The Kier molecular flexibility index (Phi) is 8.86. The van der Waals surface area contributed by atoms with Crippen molar-refractivity contribution in [2.75, 3.05) is 20.1 Å². The third kappa shape index (κ3) is 7.34. The first-order valence-electron chi connectivity index (χ1n) is 9.66. The third-order valence-corrected chi connectivity index (χ3v) is 4.28. The van der Waals surface area contributed by atoms with Gasteiger partial charge in [-0.2, -0.15) is 5.10 Å². The largest absolute Gasteiger partial charge is 0.489 e. The lowest BCUT2D eigenvalue weighted by Crippen LogP contribution is -2.46. The van der Waals surface area contributed by atoms with E-state index in [-0.39, 0.29) is 12.5 Å². The van der Waals surface area contributed by atoms with E-state index in [0.29, 0.717) is 30.0 Å². The Balaban J connectivity index is 2.22. The first kappa shape index (κ1) is 22.6.